The van der Waals surface area contributed by atoms with Crippen molar-refractivity contribution in [3.8, 4) is 11.1 Å². The van der Waals surface area contributed by atoms with Crippen LogP contribution >= 0.6 is 11.6 Å². The lowest BCUT2D eigenvalue weighted by atomic mass is 10.1. The van der Waals surface area contributed by atoms with Crippen LogP contribution in [0.3, 0.4) is 0 Å². The van der Waals surface area contributed by atoms with Crippen molar-refractivity contribution < 1.29 is 13.2 Å². The molecule has 3 heterocycles. The topological polar surface area (TPSA) is 59.2 Å². The van der Waals surface area contributed by atoms with Crippen LogP contribution in [0.4, 0.5) is 24.7 Å². The van der Waals surface area contributed by atoms with Crippen molar-refractivity contribution in [2.24, 2.45) is 0 Å². The second kappa shape index (κ2) is 7.45. The van der Waals surface area contributed by atoms with Gasteiger partial charge in [0.05, 0.1) is 5.52 Å². The number of aromatic nitrogens is 5. The van der Waals surface area contributed by atoms with Crippen LogP contribution in [0.2, 0.25) is 5.02 Å². The molecule has 5 rings (SSSR count). The van der Waals surface area contributed by atoms with E-state index in [1.807, 2.05) is 48.3 Å². The van der Waals surface area contributed by atoms with Crippen molar-refractivity contribution in [1.82, 2.24) is 24.6 Å². The van der Waals surface area contributed by atoms with Crippen LogP contribution in [-0.2, 0) is 6.18 Å². The van der Waals surface area contributed by atoms with Crippen molar-refractivity contribution in [2.75, 3.05) is 11.9 Å². The number of rotatable bonds is 3. The molecular weight excluding hydrogens is 441 g/mol. The fourth-order valence-corrected chi connectivity index (χ4v) is 3.69. The number of hydrogen-bond acceptors (Lipinski definition) is 5. The Labute approximate surface area is 184 Å². The Kier molecular flexibility index (Phi) is 4.70. The molecule has 0 saturated heterocycles. The Morgan fingerprint density at radius 1 is 1.00 bits per heavy atom. The summed E-state index contributed by atoms with van der Waals surface area (Å²) in [4.78, 5) is 10.1. The third-order valence-corrected chi connectivity index (χ3v) is 5.37. The normalized spacial score (nSPS) is 11.9. The standard InChI is InChI=1S/C22H14ClF3N6/c1-31(20-17-7-6-15(23)10-18(17)32-12-28-30-21(32)29-20)16-4-2-3-13(9-16)14-5-8-19(27-11-14)22(24,25)26/h2-12H,1H3. The van der Waals surface area contributed by atoms with Gasteiger partial charge in [-0.15, -0.1) is 10.2 Å². The molecular formula is C22H14ClF3N6. The van der Waals surface area contributed by atoms with Gasteiger partial charge < -0.3 is 4.90 Å². The molecule has 0 saturated carbocycles. The number of fused-ring (bicyclic) bond motifs is 3. The Morgan fingerprint density at radius 2 is 1.84 bits per heavy atom. The Morgan fingerprint density at radius 3 is 2.59 bits per heavy atom. The van der Waals surface area contributed by atoms with Crippen LogP contribution in [0.15, 0.2) is 67.1 Å². The molecule has 0 N–H and O–H groups in total. The highest BCUT2D eigenvalue weighted by atomic mass is 35.5. The van der Waals surface area contributed by atoms with Crippen LogP contribution in [0.25, 0.3) is 27.8 Å². The molecule has 5 aromatic rings. The van der Waals surface area contributed by atoms with E-state index in [9.17, 15) is 13.2 Å². The molecule has 0 aliphatic carbocycles. The molecule has 0 unspecified atom stereocenters. The van der Waals surface area contributed by atoms with Crippen molar-refractivity contribution in [3.63, 3.8) is 0 Å². The van der Waals surface area contributed by atoms with Gasteiger partial charge in [0.25, 0.3) is 5.78 Å². The Bertz CT molecular complexity index is 1450. The van der Waals surface area contributed by atoms with E-state index >= 15 is 0 Å². The van der Waals surface area contributed by atoms with E-state index in [0.717, 1.165) is 28.2 Å². The van der Waals surface area contributed by atoms with Gasteiger partial charge in [-0.2, -0.15) is 18.2 Å². The highest BCUT2D eigenvalue weighted by Crippen LogP contribution is 2.34. The molecule has 0 aliphatic heterocycles. The van der Waals surface area contributed by atoms with E-state index in [0.29, 0.717) is 22.2 Å². The molecule has 32 heavy (non-hydrogen) atoms. The number of pyridine rings is 1. The van der Waals surface area contributed by atoms with Crippen molar-refractivity contribution in [3.05, 3.63) is 77.8 Å². The molecule has 0 aliphatic rings. The SMILES string of the molecule is CN(c1cccc(-c2ccc(C(F)(F)F)nc2)c1)c1nc2nncn2c2cc(Cl)ccc12. The second-order valence-corrected chi connectivity index (χ2v) is 7.57. The largest absolute Gasteiger partial charge is 0.433 e. The fourth-order valence-electron chi connectivity index (χ4n) is 3.53. The van der Waals surface area contributed by atoms with Gasteiger partial charge in [0.2, 0.25) is 0 Å². The van der Waals surface area contributed by atoms with Gasteiger partial charge >= 0.3 is 6.18 Å². The van der Waals surface area contributed by atoms with E-state index < -0.39 is 11.9 Å². The van der Waals surface area contributed by atoms with Crippen LogP contribution in [0.5, 0.6) is 0 Å². The second-order valence-electron chi connectivity index (χ2n) is 7.14. The van der Waals surface area contributed by atoms with Gasteiger partial charge in [-0.05, 0) is 42.0 Å². The van der Waals surface area contributed by atoms with Gasteiger partial charge in [0, 0.05) is 34.9 Å². The smallest absolute Gasteiger partial charge is 0.329 e. The minimum Gasteiger partial charge on any atom is -0.329 e. The number of halogens is 4. The van der Waals surface area contributed by atoms with Crippen molar-refractivity contribution in [2.45, 2.75) is 6.18 Å². The number of hydrogen-bond donors (Lipinski definition) is 0. The van der Waals surface area contributed by atoms with E-state index in [2.05, 4.69) is 20.2 Å². The number of anilines is 2. The third-order valence-electron chi connectivity index (χ3n) is 5.13. The summed E-state index contributed by atoms with van der Waals surface area (Å²) < 4.78 is 40.2. The lowest BCUT2D eigenvalue weighted by Crippen LogP contribution is -2.13. The molecule has 0 radical (unpaired) electrons. The molecule has 6 nitrogen and oxygen atoms in total. The summed E-state index contributed by atoms with van der Waals surface area (Å²) in [5.74, 6) is 1.06. The average molecular weight is 455 g/mol. The minimum absolute atomic E-state index is 0.421. The number of benzene rings is 2. The van der Waals surface area contributed by atoms with Gasteiger partial charge in [-0.3, -0.25) is 9.38 Å². The molecule has 160 valence electrons. The zero-order valence-corrected chi connectivity index (χ0v) is 17.3. The maximum atomic E-state index is 12.8. The Hall–Kier alpha value is -3.72. The number of nitrogens with zero attached hydrogens (tertiary/aromatic N) is 6. The molecule has 3 aromatic heterocycles. The van der Waals surface area contributed by atoms with Crippen LogP contribution < -0.4 is 4.90 Å². The predicted octanol–water partition coefficient (Wildman–Crippen LogP) is 5.78. The van der Waals surface area contributed by atoms with Crippen molar-refractivity contribution in [1.29, 1.82) is 0 Å². The molecule has 0 amide bonds. The van der Waals surface area contributed by atoms with Gasteiger partial charge in [0.1, 0.15) is 17.8 Å². The summed E-state index contributed by atoms with van der Waals surface area (Å²) in [7, 11) is 1.85. The first-order chi connectivity index (χ1) is 15.3. The highest BCUT2D eigenvalue weighted by molar-refractivity contribution is 6.31. The van der Waals surface area contributed by atoms with E-state index in [1.54, 1.807) is 16.8 Å². The summed E-state index contributed by atoms with van der Waals surface area (Å²) in [6, 6.07) is 15.2. The zero-order valence-electron chi connectivity index (χ0n) is 16.5. The first kappa shape index (κ1) is 20.2. The fraction of sp³-hybridized carbons (Fsp3) is 0.0909. The van der Waals surface area contributed by atoms with Crippen LogP contribution in [0, 0.1) is 0 Å². The maximum Gasteiger partial charge on any atom is 0.433 e. The third kappa shape index (κ3) is 3.50. The summed E-state index contributed by atoms with van der Waals surface area (Å²) in [6.45, 7) is 0. The molecule has 2 aromatic carbocycles. The van der Waals surface area contributed by atoms with Crippen molar-refractivity contribution >= 4 is 39.8 Å². The van der Waals surface area contributed by atoms with Crippen LogP contribution in [-0.4, -0.2) is 31.6 Å². The summed E-state index contributed by atoms with van der Waals surface area (Å²) in [5.41, 5.74) is 1.97. The average Bonchev–Trinajstić information content (AvgIpc) is 3.26. The molecule has 10 heteroatoms. The van der Waals surface area contributed by atoms with Crippen LogP contribution in [0.1, 0.15) is 5.69 Å². The summed E-state index contributed by atoms with van der Waals surface area (Å²) >= 11 is 6.20. The predicted molar refractivity (Wildman–Crippen MR) is 116 cm³/mol. The quantitative estimate of drug-likeness (QED) is 0.346. The molecule has 0 fully saturated rings. The van der Waals surface area contributed by atoms with Gasteiger partial charge in [0.15, 0.2) is 0 Å². The zero-order chi connectivity index (χ0) is 22.5. The first-order valence-corrected chi connectivity index (χ1v) is 9.85. The molecule has 0 atom stereocenters. The summed E-state index contributed by atoms with van der Waals surface area (Å²) in [5, 5.41) is 9.41. The molecule has 0 bridgehead atoms. The van der Waals surface area contributed by atoms with E-state index in [1.165, 1.54) is 12.3 Å². The minimum atomic E-state index is -4.48. The lowest BCUT2D eigenvalue weighted by Gasteiger charge is -2.21. The summed E-state index contributed by atoms with van der Waals surface area (Å²) in [6.07, 6.45) is -1.68. The number of alkyl halides is 3. The van der Waals surface area contributed by atoms with Gasteiger partial charge in [-0.1, -0.05) is 29.8 Å². The lowest BCUT2D eigenvalue weighted by molar-refractivity contribution is -0.141. The first-order valence-electron chi connectivity index (χ1n) is 9.48. The molecule has 0 spiro atoms. The maximum absolute atomic E-state index is 12.8. The monoisotopic (exact) mass is 454 g/mol. The van der Waals surface area contributed by atoms with E-state index in [-0.39, 0.29) is 0 Å². The van der Waals surface area contributed by atoms with Gasteiger partial charge in [-0.25, -0.2) is 0 Å². The van der Waals surface area contributed by atoms with E-state index in [4.69, 9.17) is 11.6 Å². The highest BCUT2D eigenvalue weighted by Gasteiger charge is 2.32. The Balaban J connectivity index is 1.58.